The summed E-state index contributed by atoms with van der Waals surface area (Å²) in [7, 11) is 1.58. The molecule has 2 amide bonds. The Labute approximate surface area is 209 Å². The van der Waals surface area contributed by atoms with Gasteiger partial charge in [-0.15, -0.1) is 11.8 Å². The average Bonchev–Trinajstić information content (AvgIpc) is 2.84. The molecule has 3 aromatic rings. The molecule has 0 aliphatic carbocycles. The van der Waals surface area contributed by atoms with E-state index in [0.29, 0.717) is 23.6 Å². The first-order valence-corrected chi connectivity index (χ1v) is 12.5. The maximum atomic E-state index is 14.1. The minimum atomic E-state index is -0.683. The number of likely N-dealkylation sites (N-methyl/N-ethyl adjacent to an activating group) is 1. The maximum Gasteiger partial charge on any atom is 0.242 e. The lowest BCUT2D eigenvalue weighted by atomic mass is 10.0. The van der Waals surface area contributed by atoms with Gasteiger partial charge in [0.05, 0.1) is 5.75 Å². The van der Waals surface area contributed by atoms with Gasteiger partial charge in [-0.05, 0) is 35.7 Å². The van der Waals surface area contributed by atoms with Crippen LogP contribution in [0.3, 0.4) is 0 Å². The topological polar surface area (TPSA) is 49.4 Å². The number of nitrogens with zero attached hydrogens (tertiary/aromatic N) is 1. The average molecular weight is 499 g/mol. The van der Waals surface area contributed by atoms with Crippen molar-refractivity contribution in [3.05, 3.63) is 106 Å². The Morgan fingerprint density at radius 2 is 1.74 bits per heavy atom. The van der Waals surface area contributed by atoms with Gasteiger partial charge in [0.25, 0.3) is 0 Å². The number of carbonyl (C=O) groups is 2. The van der Waals surface area contributed by atoms with Gasteiger partial charge in [-0.3, -0.25) is 9.59 Å². The van der Waals surface area contributed by atoms with Gasteiger partial charge in [0.15, 0.2) is 0 Å². The van der Waals surface area contributed by atoms with E-state index in [2.05, 4.69) is 5.32 Å². The Morgan fingerprint density at radius 1 is 1.03 bits per heavy atom. The second kappa shape index (κ2) is 12.6. The third-order valence-electron chi connectivity index (χ3n) is 5.65. The van der Waals surface area contributed by atoms with Crippen molar-refractivity contribution in [1.82, 2.24) is 10.2 Å². The van der Waals surface area contributed by atoms with Crippen molar-refractivity contribution in [2.45, 2.75) is 31.7 Å². The zero-order chi connectivity index (χ0) is 24.5. The van der Waals surface area contributed by atoms with E-state index in [1.54, 1.807) is 24.1 Å². The fraction of sp³-hybridized carbons (Fsp3) is 0.259. The van der Waals surface area contributed by atoms with Crippen LogP contribution in [0.15, 0.2) is 72.8 Å². The van der Waals surface area contributed by atoms with Gasteiger partial charge in [-0.1, -0.05) is 72.3 Å². The molecule has 0 saturated carbocycles. The zero-order valence-corrected chi connectivity index (χ0v) is 20.8. The predicted molar refractivity (Wildman–Crippen MR) is 137 cm³/mol. The highest BCUT2D eigenvalue weighted by Crippen LogP contribution is 2.25. The van der Waals surface area contributed by atoms with E-state index < -0.39 is 11.9 Å². The molecule has 34 heavy (non-hydrogen) atoms. The number of amides is 2. The summed E-state index contributed by atoms with van der Waals surface area (Å²) in [5.74, 6) is -0.452. The first-order valence-electron chi connectivity index (χ1n) is 11.0. The van der Waals surface area contributed by atoms with Crippen LogP contribution in [0.2, 0.25) is 5.02 Å². The molecule has 7 heteroatoms. The predicted octanol–water partition coefficient (Wildman–Crippen LogP) is 5.41. The first-order chi connectivity index (χ1) is 16.4. The summed E-state index contributed by atoms with van der Waals surface area (Å²) in [6.45, 7) is 2.29. The Morgan fingerprint density at radius 3 is 2.41 bits per heavy atom. The van der Waals surface area contributed by atoms with Crippen molar-refractivity contribution in [2.24, 2.45) is 0 Å². The largest absolute Gasteiger partial charge is 0.357 e. The normalized spacial score (nSPS) is 11.6. The van der Waals surface area contributed by atoms with Crippen LogP contribution in [-0.4, -0.2) is 35.6 Å². The molecule has 0 bridgehead atoms. The van der Waals surface area contributed by atoms with Crippen molar-refractivity contribution in [1.29, 1.82) is 0 Å². The van der Waals surface area contributed by atoms with Crippen LogP contribution in [-0.2, 0) is 28.3 Å². The number of carbonyl (C=O) groups excluding carboxylic acids is 2. The lowest BCUT2D eigenvalue weighted by Crippen LogP contribution is -2.50. The molecule has 0 spiro atoms. The second-order valence-electron chi connectivity index (χ2n) is 7.96. The molecule has 0 aromatic heterocycles. The van der Waals surface area contributed by atoms with Gasteiger partial charge >= 0.3 is 0 Å². The van der Waals surface area contributed by atoms with E-state index >= 15 is 0 Å². The van der Waals surface area contributed by atoms with Crippen molar-refractivity contribution in [3.63, 3.8) is 0 Å². The lowest BCUT2D eigenvalue weighted by Gasteiger charge is -2.31. The number of halogens is 2. The number of thioether (sulfide) groups is 1. The summed E-state index contributed by atoms with van der Waals surface area (Å²) in [5, 5.41) is 3.05. The van der Waals surface area contributed by atoms with Gasteiger partial charge in [0.1, 0.15) is 11.9 Å². The van der Waals surface area contributed by atoms with Crippen LogP contribution >= 0.6 is 23.4 Å². The summed E-state index contributed by atoms with van der Waals surface area (Å²) < 4.78 is 14.1. The van der Waals surface area contributed by atoms with Crippen LogP contribution in [0.25, 0.3) is 0 Å². The van der Waals surface area contributed by atoms with Crippen LogP contribution in [0, 0.1) is 12.7 Å². The van der Waals surface area contributed by atoms with E-state index in [1.165, 1.54) is 17.8 Å². The SMILES string of the molecule is CNC(=O)[C@H](Cc1ccccc1)N(Cc1ccccc1C)C(=O)CSCc1c(F)cccc1Cl. The molecule has 3 rings (SSSR count). The first kappa shape index (κ1) is 25.8. The van der Waals surface area contributed by atoms with Crippen LogP contribution in [0.5, 0.6) is 0 Å². The van der Waals surface area contributed by atoms with Gasteiger partial charge < -0.3 is 10.2 Å². The Balaban J connectivity index is 1.84. The molecule has 1 N–H and O–H groups in total. The fourth-order valence-electron chi connectivity index (χ4n) is 3.69. The van der Waals surface area contributed by atoms with Crippen molar-refractivity contribution in [3.8, 4) is 0 Å². The molecule has 0 fully saturated rings. The molecule has 0 unspecified atom stereocenters. The van der Waals surface area contributed by atoms with Crippen LogP contribution < -0.4 is 5.32 Å². The van der Waals surface area contributed by atoms with E-state index in [9.17, 15) is 14.0 Å². The van der Waals surface area contributed by atoms with Gasteiger partial charge in [0, 0.05) is 36.4 Å². The maximum absolute atomic E-state index is 14.1. The number of hydrogen-bond donors (Lipinski definition) is 1. The molecule has 4 nitrogen and oxygen atoms in total. The highest BCUT2D eigenvalue weighted by Gasteiger charge is 2.30. The van der Waals surface area contributed by atoms with Gasteiger partial charge in [0.2, 0.25) is 11.8 Å². The fourth-order valence-corrected chi connectivity index (χ4v) is 4.93. The lowest BCUT2D eigenvalue weighted by molar-refractivity contribution is -0.139. The quantitative estimate of drug-likeness (QED) is 0.407. The van der Waals surface area contributed by atoms with Gasteiger partial charge in [-0.2, -0.15) is 0 Å². The summed E-state index contributed by atoms with van der Waals surface area (Å²) >= 11 is 7.41. The molecular formula is C27H28ClFN2O2S. The monoisotopic (exact) mass is 498 g/mol. The molecule has 1 atom stereocenters. The van der Waals surface area contributed by atoms with Crippen molar-refractivity contribution in [2.75, 3.05) is 12.8 Å². The molecular weight excluding hydrogens is 471 g/mol. The summed E-state index contributed by atoms with van der Waals surface area (Å²) in [4.78, 5) is 28.0. The van der Waals surface area contributed by atoms with Crippen molar-refractivity contribution >= 4 is 35.2 Å². The van der Waals surface area contributed by atoms with E-state index in [-0.39, 0.29) is 23.3 Å². The molecule has 0 heterocycles. The molecule has 178 valence electrons. The highest BCUT2D eigenvalue weighted by molar-refractivity contribution is 7.99. The summed E-state index contributed by atoms with van der Waals surface area (Å²) in [5.41, 5.74) is 3.35. The van der Waals surface area contributed by atoms with E-state index in [4.69, 9.17) is 11.6 Å². The van der Waals surface area contributed by atoms with Crippen molar-refractivity contribution < 1.29 is 14.0 Å². The standard InChI is InChI=1S/C27H28ClFN2O2S/c1-19-9-6-7-12-21(19)16-31(25(27(33)30-2)15-20-10-4-3-5-11-20)26(32)18-34-17-22-23(28)13-8-14-24(22)29/h3-14,25H,15-18H2,1-2H3,(H,30,33)/t25-/m0/s1. The number of nitrogens with one attached hydrogen (secondary N) is 1. The smallest absolute Gasteiger partial charge is 0.242 e. The highest BCUT2D eigenvalue weighted by atomic mass is 35.5. The van der Waals surface area contributed by atoms with E-state index in [1.807, 2.05) is 61.5 Å². The van der Waals surface area contributed by atoms with Crippen LogP contribution in [0.1, 0.15) is 22.3 Å². The summed E-state index contributed by atoms with van der Waals surface area (Å²) in [6.07, 6.45) is 0.391. The molecule has 3 aromatic carbocycles. The number of hydrogen-bond acceptors (Lipinski definition) is 3. The van der Waals surface area contributed by atoms with Gasteiger partial charge in [-0.25, -0.2) is 4.39 Å². The number of benzene rings is 3. The minimum absolute atomic E-state index is 0.0961. The van der Waals surface area contributed by atoms with Crippen LogP contribution in [0.4, 0.5) is 4.39 Å². The van der Waals surface area contributed by atoms with E-state index in [0.717, 1.165) is 16.7 Å². The number of rotatable bonds is 10. The molecule has 0 radical (unpaired) electrons. The number of aryl methyl sites for hydroxylation is 1. The second-order valence-corrected chi connectivity index (χ2v) is 9.35. The third kappa shape index (κ3) is 6.84. The third-order valence-corrected chi connectivity index (χ3v) is 6.95. The minimum Gasteiger partial charge on any atom is -0.357 e. The Kier molecular flexibility index (Phi) is 9.54. The zero-order valence-electron chi connectivity index (χ0n) is 19.3. The molecule has 0 aliphatic rings. The molecule has 0 aliphatic heterocycles. The Bertz CT molecular complexity index is 1110. The molecule has 0 saturated heterocycles. The Hall–Kier alpha value is -2.83. The summed E-state index contributed by atoms with van der Waals surface area (Å²) in [6, 6.07) is 21.3.